The predicted molar refractivity (Wildman–Crippen MR) is 60.5 cm³/mol. The topological polar surface area (TPSA) is 48.4 Å². The molecule has 0 aliphatic carbocycles. The van der Waals surface area contributed by atoms with Crippen LogP contribution in [0.5, 0.6) is 5.88 Å². The summed E-state index contributed by atoms with van der Waals surface area (Å²) in [5, 5.41) is 0. The molecular weight excluding hydrogens is 206 g/mol. The van der Waals surface area contributed by atoms with Crippen LogP contribution in [-0.4, -0.2) is 24.2 Å². The van der Waals surface area contributed by atoms with Crippen molar-refractivity contribution >= 4 is 5.97 Å². The first-order chi connectivity index (χ1) is 7.77. The molecule has 1 aromatic heterocycles. The average molecular weight is 221 g/mol. The van der Waals surface area contributed by atoms with Crippen molar-refractivity contribution in [1.82, 2.24) is 4.98 Å². The van der Waals surface area contributed by atoms with Crippen molar-refractivity contribution in [3.8, 4) is 5.88 Å². The van der Waals surface area contributed by atoms with E-state index in [1.165, 1.54) is 6.20 Å². The minimum Gasteiger partial charge on any atom is -0.473 e. The Bertz CT molecular complexity index is 357. The molecule has 0 fully saturated rings. The summed E-state index contributed by atoms with van der Waals surface area (Å²) in [6.45, 7) is 4.52. The Hall–Kier alpha value is -1.84. The molecule has 0 aliphatic heterocycles. The molecule has 0 saturated carbocycles. The minimum atomic E-state index is -0.366. The Kier molecular flexibility index (Phi) is 5.05. The zero-order valence-corrected chi connectivity index (χ0v) is 9.47. The number of rotatable bonds is 5. The van der Waals surface area contributed by atoms with Gasteiger partial charge in [0.2, 0.25) is 5.88 Å². The zero-order valence-electron chi connectivity index (χ0n) is 9.47. The lowest BCUT2D eigenvalue weighted by atomic mass is 10.3. The van der Waals surface area contributed by atoms with Gasteiger partial charge in [-0.15, -0.1) is 0 Å². The van der Waals surface area contributed by atoms with Crippen molar-refractivity contribution < 1.29 is 14.3 Å². The first-order valence-corrected chi connectivity index (χ1v) is 5.15. The van der Waals surface area contributed by atoms with Gasteiger partial charge in [0, 0.05) is 12.3 Å². The zero-order chi connectivity index (χ0) is 11.8. The Labute approximate surface area is 94.9 Å². The Morgan fingerprint density at radius 1 is 1.50 bits per heavy atom. The third-order valence-corrected chi connectivity index (χ3v) is 1.81. The van der Waals surface area contributed by atoms with E-state index in [-0.39, 0.29) is 5.97 Å². The van der Waals surface area contributed by atoms with Gasteiger partial charge in [-0.3, -0.25) is 0 Å². The molecule has 0 aromatic carbocycles. The summed E-state index contributed by atoms with van der Waals surface area (Å²) >= 11 is 0. The number of allylic oxidation sites excluding steroid dienone is 1. The van der Waals surface area contributed by atoms with Crippen LogP contribution in [0.4, 0.5) is 0 Å². The van der Waals surface area contributed by atoms with Gasteiger partial charge in [-0.05, 0) is 19.9 Å². The molecule has 0 radical (unpaired) electrons. The highest BCUT2D eigenvalue weighted by molar-refractivity contribution is 5.89. The fourth-order valence-electron chi connectivity index (χ4n) is 1.03. The predicted octanol–water partition coefficient (Wildman–Crippen LogP) is 2.21. The third kappa shape index (κ3) is 3.73. The van der Waals surface area contributed by atoms with Crippen LogP contribution < -0.4 is 4.74 Å². The summed E-state index contributed by atoms with van der Waals surface area (Å²) in [6, 6.07) is 3.28. The largest absolute Gasteiger partial charge is 0.473 e. The Morgan fingerprint density at radius 3 is 2.88 bits per heavy atom. The molecule has 1 aromatic rings. The SMILES string of the molecule is C/C=C/COc1ccc(C(=O)OCC)cn1. The number of aromatic nitrogens is 1. The second-order valence-electron chi connectivity index (χ2n) is 2.99. The fraction of sp³-hybridized carbons (Fsp3) is 0.333. The molecule has 0 unspecified atom stereocenters. The van der Waals surface area contributed by atoms with Gasteiger partial charge in [-0.25, -0.2) is 9.78 Å². The molecule has 4 heteroatoms. The standard InChI is InChI=1S/C12H15NO3/c1-3-5-8-16-11-7-6-10(9-13-11)12(14)15-4-2/h3,5-7,9H,4,8H2,1-2H3/b5-3+. The van der Waals surface area contributed by atoms with Crippen molar-refractivity contribution in [1.29, 1.82) is 0 Å². The van der Waals surface area contributed by atoms with E-state index in [1.807, 2.05) is 19.1 Å². The molecule has 16 heavy (non-hydrogen) atoms. The number of pyridine rings is 1. The van der Waals surface area contributed by atoms with Crippen LogP contribution in [0, 0.1) is 0 Å². The lowest BCUT2D eigenvalue weighted by Gasteiger charge is -2.03. The molecule has 0 bridgehead atoms. The van der Waals surface area contributed by atoms with Crippen LogP contribution in [-0.2, 0) is 4.74 Å². The van der Waals surface area contributed by atoms with Crippen molar-refractivity contribution in [2.45, 2.75) is 13.8 Å². The summed E-state index contributed by atoms with van der Waals surface area (Å²) in [5.74, 6) is 0.126. The number of nitrogens with zero attached hydrogens (tertiary/aromatic N) is 1. The van der Waals surface area contributed by atoms with Gasteiger partial charge in [0.05, 0.1) is 12.2 Å². The van der Waals surface area contributed by atoms with Crippen molar-refractivity contribution in [3.05, 3.63) is 36.0 Å². The van der Waals surface area contributed by atoms with Crippen LogP contribution in [0.15, 0.2) is 30.5 Å². The number of hydrogen-bond acceptors (Lipinski definition) is 4. The molecular formula is C12H15NO3. The molecule has 0 amide bonds. The van der Waals surface area contributed by atoms with E-state index in [0.717, 1.165) is 0 Å². The second kappa shape index (κ2) is 6.61. The number of hydrogen-bond donors (Lipinski definition) is 0. The van der Waals surface area contributed by atoms with Crippen molar-refractivity contribution in [2.75, 3.05) is 13.2 Å². The maximum Gasteiger partial charge on any atom is 0.339 e. The van der Waals surface area contributed by atoms with Crippen LogP contribution in [0.1, 0.15) is 24.2 Å². The number of esters is 1. The van der Waals surface area contributed by atoms with E-state index in [4.69, 9.17) is 9.47 Å². The second-order valence-corrected chi connectivity index (χ2v) is 2.99. The number of ether oxygens (including phenoxy) is 2. The maximum atomic E-state index is 11.3. The first kappa shape index (κ1) is 12.2. The molecule has 4 nitrogen and oxygen atoms in total. The molecule has 0 atom stereocenters. The molecule has 0 saturated heterocycles. The summed E-state index contributed by atoms with van der Waals surface area (Å²) < 4.78 is 10.1. The lowest BCUT2D eigenvalue weighted by molar-refractivity contribution is 0.0526. The molecule has 0 spiro atoms. The van der Waals surface area contributed by atoms with Crippen molar-refractivity contribution in [2.24, 2.45) is 0 Å². The van der Waals surface area contributed by atoms with Gasteiger partial charge < -0.3 is 9.47 Å². The number of carbonyl (C=O) groups is 1. The van der Waals surface area contributed by atoms with Crippen molar-refractivity contribution in [3.63, 3.8) is 0 Å². The smallest absolute Gasteiger partial charge is 0.339 e. The highest BCUT2D eigenvalue weighted by Gasteiger charge is 2.06. The van der Waals surface area contributed by atoms with E-state index in [9.17, 15) is 4.79 Å². The first-order valence-electron chi connectivity index (χ1n) is 5.15. The van der Waals surface area contributed by atoms with E-state index in [2.05, 4.69) is 4.98 Å². The Morgan fingerprint density at radius 2 is 2.31 bits per heavy atom. The average Bonchev–Trinajstić information content (AvgIpc) is 2.30. The summed E-state index contributed by atoms with van der Waals surface area (Å²) in [6.07, 6.45) is 5.22. The highest BCUT2D eigenvalue weighted by atomic mass is 16.5. The molecule has 1 rings (SSSR count). The van der Waals surface area contributed by atoms with Crippen LogP contribution in [0.3, 0.4) is 0 Å². The highest BCUT2D eigenvalue weighted by Crippen LogP contribution is 2.08. The van der Waals surface area contributed by atoms with Crippen LogP contribution in [0.2, 0.25) is 0 Å². The minimum absolute atomic E-state index is 0.360. The molecule has 0 N–H and O–H groups in total. The fourth-order valence-corrected chi connectivity index (χ4v) is 1.03. The van der Waals surface area contributed by atoms with E-state index in [1.54, 1.807) is 19.1 Å². The van der Waals surface area contributed by atoms with Gasteiger partial charge in [0.25, 0.3) is 0 Å². The monoisotopic (exact) mass is 221 g/mol. The Balaban J connectivity index is 2.57. The van der Waals surface area contributed by atoms with E-state index in [0.29, 0.717) is 24.7 Å². The third-order valence-electron chi connectivity index (χ3n) is 1.81. The van der Waals surface area contributed by atoms with Crippen LogP contribution in [0.25, 0.3) is 0 Å². The summed E-state index contributed by atoms with van der Waals surface area (Å²) in [4.78, 5) is 15.3. The molecule has 0 aliphatic rings. The molecule has 86 valence electrons. The van der Waals surface area contributed by atoms with Crippen LogP contribution >= 0.6 is 0 Å². The summed E-state index contributed by atoms with van der Waals surface area (Å²) in [7, 11) is 0. The van der Waals surface area contributed by atoms with Gasteiger partial charge in [-0.2, -0.15) is 0 Å². The van der Waals surface area contributed by atoms with Gasteiger partial charge in [-0.1, -0.05) is 12.2 Å². The lowest BCUT2D eigenvalue weighted by Crippen LogP contribution is -2.05. The maximum absolute atomic E-state index is 11.3. The van der Waals surface area contributed by atoms with E-state index >= 15 is 0 Å². The van der Waals surface area contributed by atoms with E-state index < -0.39 is 0 Å². The van der Waals surface area contributed by atoms with Gasteiger partial charge in [0.1, 0.15) is 6.61 Å². The number of carbonyl (C=O) groups excluding carboxylic acids is 1. The normalized spacial score (nSPS) is 10.4. The molecule has 1 heterocycles. The van der Waals surface area contributed by atoms with Gasteiger partial charge >= 0.3 is 5.97 Å². The summed E-state index contributed by atoms with van der Waals surface area (Å²) in [5.41, 5.74) is 0.431. The van der Waals surface area contributed by atoms with Gasteiger partial charge in [0.15, 0.2) is 0 Å². The quantitative estimate of drug-likeness (QED) is 0.565.